The zero-order chi connectivity index (χ0) is 8.60. The largest absolute Gasteiger partial charge is 0.269 e. The van der Waals surface area contributed by atoms with Gasteiger partial charge in [0.25, 0.3) is 0 Å². The normalized spacial score (nSPS) is 27.7. The molecule has 1 atom stereocenters. The van der Waals surface area contributed by atoms with Crippen LogP contribution in [0.15, 0.2) is 12.4 Å². The molecule has 1 aliphatic rings. The van der Waals surface area contributed by atoms with Crippen molar-refractivity contribution in [3.63, 3.8) is 0 Å². The Balaban J connectivity index is 2.10. The van der Waals surface area contributed by atoms with Crippen molar-refractivity contribution in [1.82, 2.24) is 9.78 Å². The standard InChI is InChI=1S/C8H9F2N2/c9-8(10)3-2-7(6-8)12-5-1-4-11-12/h4-5,7H,2-3,6H2. The van der Waals surface area contributed by atoms with Crippen molar-refractivity contribution in [1.29, 1.82) is 0 Å². The average Bonchev–Trinajstić information content (AvgIpc) is 2.55. The Labute approximate surface area is 69.2 Å². The zero-order valence-corrected chi connectivity index (χ0v) is 6.50. The van der Waals surface area contributed by atoms with Gasteiger partial charge in [0, 0.05) is 25.1 Å². The van der Waals surface area contributed by atoms with Crippen molar-refractivity contribution in [2.45, 2.75) is 31.2 Å². The van der Waals surface area contributed by atoms with Crippen LogP contribution in [0.1, 0.15) is 25.3 Å². The van der Waals surface area contributed by atoms with E-state index in [9.17, 15) is 8.78 Å². The van der Waals surface area contributed by atoms with Crippen molar-refractivity contribution in [2.24, 2.45) is 0 Å². The summed E-state index contributed by atoms with van der Waals surface area (Å²) in [6, 6.07) is 2.61. The highest BCUT2D eigenvalue weighted by atomic mass is 19.3. The van der Waals surface area contributed by atoms with E-state index in [-0.39, 0.29) is 18.9 Å². The van der Waals surface area contributed by atoms with Gasteiger partial charge in [-0.25, -0.2) is 8.78 Å². The van der Waals surface area contributed by atoms with Crippen LogP contribution in [0.3, 0.4) is 0 Å². The first kappa shape index (κ1) is 7.71. The summed E-state index contributed by atoms with van der Waals surface area (Å²) in [4.78, 5) is 0. The number of rotatable bonds is 1. The first-order chi connectivity index (χ1) is 5.67. The summed E-state index contributed by atoms with van der Waals surface area (Å²) in [7, 11) is 0. The summed E-state index contributed by atoms with van der Waals surface area (Å²) >= 11 is 0. The molecule has 1 fully saturated rings. The smallest absolute Gasteiger partial charge is 0.250 e. The van der Waals surface area contributed by atoms with Crippen LogP contribution in [-0.4, -0.2) is 15.7 Å². The Morgan fingerprint density at radius 2 is 2.42 bits per heavy atom. The highest BCUT2D eigenvalue weighted by Crippen LogP contribution is 2.40. The molecule has 1 aliphatic carbocycles. The van der Waals surface area contributed by atoms with Crippen molar-refractivity contribution < 1.29 is 8.78 Å². The van der Waals surface area contributed by atoms with E-state index in [1.807, 2.05) is 0 Å². The van der Waals surface area contributed by atoms with Crippen LogP contribution < -0.4 is 0 Å². The van der Waals surface area contributed by atoms with E-state index in [4.69, 9.17) is 0 Å². The van der Waals surface area contributed by atoms with Crippen LogP contribution in [0.5, 0.6) is 0 Å². The summed E-state index contributed by atoms with van der Waals surface area (Å²) in [5.74, 6) is -2.49. The molecule has 1 aromatic rings. The molecule has 0 N–H and O–H groups in total. The Morgan fingerprint density at radius 3 is 2.92 bits per heavy atom. The molecule has 1 saturated carbocycles. The molecule has 0 spiro atoms. The molecule has 12 heavy (non-hydrogen) atoms. The van der Waals surface area contributed by atoms with Gasteiger partial charge in [0.15, 0.2) is 0 Å². The molecule has 0 aromatic carbocycles. The van der Waals surface area contributed by atoms with Crippen molar-refractivity contribution >= 4 is 0 Å². The maximum absolute atomic E-state index is 12.7. The summed E-state index contributed by atoms with van der Waals surface area (Å²) < 4.78 is 27.0. The maximum atomic E-state index is 12.7. The quantitative estimate of drug-likeness (QED) is 0.632. The van der Waals surface area contributed by atoms with E-state index in [1.54, 1.807) is 10.9 Å². The van der Waals surface area contributed by atoms with Crippen molar-refractivity contribution in [2.75, 3.05) is 0 Å². The second-order valence-electron chi connectivity index (χ2n) is 3.17. The first-order valence-corrected chi connectivity index (χ1v) is 3.95. The minimum absolute atomic E-state index is 0.0163. The van der Waals surface area contributed by atoms with E-state index in [0.29, 0.717) is 6.42 Å². The highest BCUT2D eigenvalue weighted by Gasteiger charge is 2.40. The Kier molecular flexibility index (Phi) is 1.63. The van der Waals surface area contributed by atoms with Crippen molar-refractivity contribution in [3.8, 4) is 0 Å². The van der Waals surface area contributed by atoms with E-state index in [0.717, 1.165) is 0 Å². The number of alkyl halides is 2. The fourth-order valence-electron chi connectivity index (χ4n) is 1.60. The second kappa shape index (κ2) is 2.54. The Hall–Kier alpha value is -0.930. The number of hydrogen-bond donors (Lipinski definition) is 0. The Morgan fingerprint density at radius 1 is 1.58 bits per heavy atom. The van der Waals surface area contributed by atoms with Gasteiger partial charge in [0.05, 0.1) is 12.2 Å². The van der Waals surface area contributed by atoms with Crippen LogP contribution in [0.2, 0.25) is 0 Å². The lowest BCUT2D eigenvalue weighted by Crippen LogP contribution is -2.12. The van der Waals surface area contributed by atoms with E-state index in [2.05, 4.69) is 11.2 Å². The third-order valence-electron chi connectivity index (χ3n) is 2.22. The summed E-state index contributed by atoms with van der Waals surface area (Å²) in [6.45, 7) is 0. The molecule has 1 radical (unpaired) electrons. The molecule has 1 heterocycles. The SMILES string of the molecule is FC1(F)CCC(n2c[c]cn2)C1. The minimum atomic E-state index is -2.49. The zero-order valence-electron chi connectivity index (χ0n) is 6.50. The van der Waals surface area contributed by atoms with Gasteiger partial charge in [-0.05, 0) is 6.42 Å². The van der Waals surface area contributed by atoms with E-state index >= 15 is 0 Å². The van der Waals surface area contributed by atoms with Gasteiger partial charge in [0.1, 0.15) is 0 Å². The van der Waals surface area contributed by atoms with Gasteiger partial charge in [-0.3, -0.25) is 4.68 Å². The van der Waals surface area contributed by atoms with Gasteiger partial charge in [0.2, 0.25) is 5.92 Å². The number of halogens is 2. The lowest BCUT2D eigenvalue weighted by molar-refractivity contribution is 0.00519. The van der Waals surface area contributed by atoms with Gasteiger partial charge >= 0.3 is 0 Å². The topological polar surface area (TPSA) is 17.8 Å². The number of nitrogens with zero attached hydrogens (tertiary/aromatic N) is 2. The first-order valence-electron chi connectivity index (χ1n) is 3.95. The molecule has 2 nitrogen and oxygen atoms in total. The van der Waals surface area contributed by atoms with Gasteiger partial charge < -0.3 is 0 Å². The second-order valence-corrected chi connectivity index (χ2v) is 3.17. The van der Waals surface area contributed by atoms with E-state index in [1.165, 1.54) is 6.20 Å². The molecule has 2 rings (SSSR count). The summed E-state index contributed by atoms with van der Waals surface area (Å²) in [6.07, 6.45) is 3.53. The molecule has 1 unspecified atom stereocenters. The molecule has 0 amide bonds. The van der Waals surface area contributed by atoms with E-state index < -0.39 is 5.92 Å². The average molecular weight is 171 g/mol. The monoisotopic (exact) mass is 171 g/mol. The summed E-state index contributed by atoms with van der Waals surface area (Å²) in [5, 5.41) is 3.89. The molecule has 0 bridgehead atoms. The van der Waals surface area contributed by atoms with Gasteiger partial charge in [-0.1, -0.05) is 0 Å². The van der Waals surface area contributed by atoms with Gasteiger partial charge in [-0.2, -0.15) is 5.10 Å². The number of aromatic nitrogens is 2. The lowest BCUT2D eigenvalue weighted by Gasteiger charge is -2.10. The van der Waals surface area contributed by atoms with Crippen LogP contribution in [-0.2, 0) is 0 Å². The lowest BCUT2D eigenvalue weighted by atomic mass is 10.2. The fraction of sp³-hybridized carbons (Fsp3) is 0.625. The van der Waals surface area contributed by atoms with Gasteiger partial charge in [-0.15, -0.1) is 0 Å². The highest BCUT2D eigenvalue weighted by molar-refractivity contribution is 4.87. The molecular formula is C8H9F2N2. The third kappa shape index (κ3) is 1.33. The molecule has 0 saturated heterocycles. The van der Waals surface area contributed by atoms with Crippen LogP contribution >= 0.6 is 0 Å². The van der Waals surface area contributed by atoms with Crippen LogP contribution in [0, 0.1) is 6.07 Å². The molecular weight excluding hydrogens is 162 g/mol. The fourth-order valence-corrected chi connectivity index (χ4v) is 1.60. The van der Waals surface area contributed by atoms with Crippen LogP contribution in [0.25, 0.3) is 0 Å². The minimum Gasteiger partial charge on any atom is -0.269 e. The molecule has 65 valence electrons. The third-order valence-corrected chi connectivity index (χ3v) is 2.22. The maximum Gasteiger partial charge on any atom is 0.250 e. The molecule has 4 heteroatoms. The van der Waals surface area contributed by atoms with Crippen molar-refractivity contribution in [3.05, 3.63) is 18.5 Å². The Bertz CT molecular complexity index is 256. The summed E-state index contributed by atoms with van der Waals surface area (Å²) in [5.41, 5.74) is 0. The molecule has 1 aromatic heterocycles. The predicted octanol–water partition coefficient (Wildman–Crippen LogP) is 2.04. The number of hydrogen-bond acceptors (Lipinski definition) is 1. The predicted molar refractivity (Wildman–Crippen MR) is 38.9 cm³/mol. The molecule has 0 aliphatic heterocycles. The van der Waals surface area contributed by atoms with Crippen LogP contribution in [0.4, 0.5) is 8.78 Å².